The van der Waals surface area contributed by atoms with Crippen molar-refractivity contribution in [1.82, 2.24) is 10.3 Å². The van der Waals surface area contributed by atoms with Crippen LogP contribution >= 0.6 is 0 Å². The lowest BCUT2D eigenvalue weighted by molar-refractivity contribution is 0.552. The number of rotatable bonds is 5. The van der Waals surface area contributed by atoms with Crippen molar-refractivity contribution in [1.29, 1.82) is 0 Å². The molecule has 0 aliphatic rings. The van der Waals surface area contributed by atoms with Crippen LogP contribution in [0, 0.1) is 12.8 Å². The fourth-order valence-corrected chi connectivity index (χ4v) is 1.56. The number of hydrogen-bond donors (Lipinski definition) is 1. The molecule has 1 heterocycles. The van der Waals surface area contributed by atoms with Crippen molar-refractivity contribution in [2.75, 3.05) is 25.5 Å². The number of nitrogens with one attached hydrogen (secondary N) is 1. The summed E-state index contributed by atoms with van der Waals surface area (Å²) >= 11 is 0. The van der Waals surface area contributed by atoms with E-state index < -0.39 is 0 Å². The molecule has 0 fully saturated rings. The molecule has 0 saturated heterocycles. The van der Waals surface area contributed by atoms with Gasteiger partial charge in [-0.1, -0.05) is 13.8 Å². The van der Waals surface area contributed by atoms with Crippen LogP contribution in [-0.4, -0.2) is 25.6 Å². The van der Waals surface area contributed by atoms with Crippen LogP contribution in [0.3, 0.4) is 0 Å². The summed E-state index contributed by atoms with van der Waals surface area (Å²) in [4.78, 5) is 6.52. The van der Waals surface area contributed by atoms with Crippen LogP contribution in [-0.2, 0) is 6.54 Å². The zero-order valence-electron chi connectivity index (χ0n) is 11.0. The molecule has 0 saturated carbocycles. The van der Waals surface area contributed by atoms with Gasteiger partial charge in [0.15, 0.2) is 0 Å². The molecule has 1 N–H and O–H groups in total. The maximum atomic E-state index is 4.47. The monoisotopic (exact) mass is 221 g/mol. The predicted molar refractivity (Wildman–Crippen MR) is 69.8 cm³/mol. The summed E-state index contributed by atoms with van der Waals surface area (Å²) in [5.41, 5.74) is 2.38. The van der Waals surface area contributed by atoms with Crippen LogP contribution in [0.4, 0.5) is 5.82 Å². The highest BCUT2D eigenvalue weighted by molar-refractivity contribution is 5.40. The molecular weight excluding hydrogens is 198 g/mol. The Balaban J connectivity index is 2.65. The highest BCUT2D eigenvalue weighted by Gasteiger charge is 2.02. The van der Waals surface area contributed by atoms with E-state index in [9.17, 15) is 0 Å². The molecule has 0 aliphatic carbocycles. The minimum Gasteiger partial charge on any atom is -0.363 e. The van der Waals surface area contributed by atoms with Crippen LogP contribution < -0.4 is 10.2 Å². The Labute approximate surface area is 98.9 Å². The van der Waals surface area contributed by atoms with E-state index in [0.717, 1.165) is 24.6 Å². The molecule has 1 aromatic heterocycles. The average molecular weight is 221 g/mol. The number of nitrogens with zero attached hydrogens (tertiary/aromatic N) is 2. The molecule has 3 heteroatoms. The Morgan fingerprint density at radius 3 is 2.56 bits per heavy atom. The maximum absolute atomic E-state index is 4.47. The highest BCUT2D eigenvalue weighted by Crippen LogP contribution is 2.12. The van der Waals surface area contributed by atoms with E-state index in [1.807, 2.05) is 25.9 Å². The molecule has 16 heavy (non-hydrogen) atoms. The summed E-state index contributed by atoms with van der Waals surface area (Å²) in [5, 5.41) is 3.45. The first-order chi connectivity index (χ1) is 7.49. The molecule has 0 aliphatic heterocycles. The first kappa shape index (κ1) is 13.0. The highest BCUT2D eigenvalue weighted by atomic mass is 15.1. The van der Waals surface area contributed by atoms with Crippen molar-refractivity contribution in [2.45, 2.75) is 27.3 Å². The minimum absolute atomic E-state index is 0.691. The standard InChI is InChI=1S/C13H23N3/c1-10(2)8-14-9-12-6-11(3)15-13(7-12)16(4)5/h6-7,10,14H,8-9H2,1-5H3. The SMILES string of the molecule is Cc1cc(CNCC(C)C)cc(N(C)C)n1. The fraction of sp³-hybridized carbons (Fsp3) is 0.615. The van der Waals surface area contributed by atoms with E-state index in [4.69, 9.17) is 0 Å². The Morgan fingerprint density at radius 2 is 2.00 bits per heavy atom. The van der Waals surface area contributed by atoms with E-state index in [1.54, 1.807) is 0 Å². The quantitative estimate of drug-likeness (QED) is 0.826. The van der Waals surface area contributed by atoms with E-state index in [1.165, 1.54) is 5.56 Å². The van der Waals surface area contributed by atoms with Gasteiger partial charge in [-0.2, -0.15) is 0 Å². The van der Waals surface area contributed by atoms with Crippen LogP contribution in [0.15, 0.2) is 12.1 Å². The smallest absolute Gasteiger partial charge is 0.128 e. The lowest BCUT2D eigenvalue weighted by Crippen LogP contribution is -2.19. The summed E-state index contributed by atoms with van der Waals surface area (Å²) in [6.07, 6.45) is 0. The predicted octanol–water partition coefficient (Wildman–Crippen LogP) is 2.20. The zero-order chi connectivity index (χ0) is 12.1. The van der Waals surface area contributed by atoms with E-state index in [2.05, 4.69) is 36.3 Å². The second kappa shape index (κ2) is 5.85. The Bertz CT molecular complexity index is 332. The van der Waals surface area contributed by atoms with Gasteiger partial charge in [-0.25, -0.2) is 4.98 Å². The molecule has 1 rings (SSSR count). The zero-order valence-corrected chi connectivity index (χ0v) is 11.0. The van der Waals surface area contributed by atoms with Gasteiger partial charge in [-0.15, -0.1) is 0 Å². The number of anilines is 1. The molecule has 0 spiro atoms. The van der Waals surface area contributed by atoms with Crippen molar-refractivity contribution in [3.8, 4) is 0 Å². The lowest BCUT2D eigenvalue weighted by atomic mass is 10.2. The van der Waals surface area contributed by atoms with Gasteiger partial charge in [0.1, 0.15) is 5.82 Å². The lowest BCUT2D eigenvalue weighted by Gasteiger charge is -2.14. The van der Waals surface area contributed by atoms with Gasteiger partial charge in [0, 0.05) is 26.3 Å². The van der Waals surface area contributed by atoms with Gasteiger partial charge in [0.05, 0.1) is 0 Å². The molecule has 90 valence electrons. The van der Waals surface area contributed by atoms with Gasteiger partial charge in [0.25, 0.3) is 0 Å². The molecule has 0 bridgehead atoms. The van der Waals surface area contributed by atoms with Crippen LogP contribution in [0.1, 0.15) is 25.1 Å². The molecule has 0 unspecified atom stereocenters. The average Bonchev–Trinajstić information content (AvgIpc) is 2.16. The first-order valence-electron chi connectivity index (χ1n) is 5.84. The number of pyridine rings is 1. The normalized spacial score (nSPS) is 10.9. The minimum atomic E-state index is 0.691. The molecule has 0 atom stereocenters. The summed E-state index contributed by atoms with van der Waals surface area (Å²) < 4.78 is 0. The molecule has 3 nitrogen and oxygen atoms in total. The largest absolute Gasteiger partial charge is 0.363 e. The molecule has 0 radical (unpaired) electrons. The number of aryl methyl sites for hydroxylation is 1. The topological polar surface area (TPSA) is 28.2 Å². The van der Waals surface area contributed by atoms with Gasteiger partial charge in [-0.05, 0) is 37.1 Å². The second-order valence-corrected chi connectivity index (χ2v) is 4.89. The van der Waals surface area contributed by atoms with Gasteiger partial charge < -0.3 is 10.2 Å². The van der Waals surface area contributed by atoms with Crippen molar-refractivity contribution < 1.29 is 0 Å². The maximum Gasteiger partial charge on any atom is 0.128 e. The third kappa shape index (κ3) is 4.19. The summed E-state index contributed by atoms with van der Waals surface area (Å²) in [6, 6.07) is 4.28. The van der Waals surface area contributed by atoms with Crippen LogP contribution in [0.5, 0.6) is 0 Å². The molecule has 0 aromatic carbocycles. The van der Waals surface area contributed by atoms with Crippen molar-refractivity contribution in [3.05, 3.63) is 23.4 Å². The summed E-state index contributed by atoms with van der Waals surface area (Å²) in [6.45, 7) is 8.45. The molecule has 0 amide bonds. The van der Waals surface area contributed by atoms with Crippen molar-refractivity contribution in [3.63, 3.8) is 0 Å². The Hall–Kier alpha value is -1.09. The second-order valence-electron chi connectivity index (χ2n) is 4.89. The summed E-state index contributed by atoms with van der Waals surface area (Å²) in [5.74, 6) is 1.72. The Kier molecular flexibility index (Phi) is 4.74. The third-order valence-corrected chi connectivity index (χ3v) is 2.34. The van der Waals surface area contributed by atoms with Crippen LogP contribution in [0.25, 0.3) is 0 Å². The van der Waals surface area contributed by atoms with Crippen LogP contribution in [0.2, 0.25) is 0 Å². The number of aromatic nitrogens is 1. The van der Waals surface area contributed by atoms with Gasteiger partial charge in [-0.3, -0.25) is 0 Å². The van der Waals surface area contributed by atoms with Gasteiger partial charge >= 0.3 is 0 Å². The third-order valence-electron chi connectivity index (χ3n) is 2.34. The first-order valence-corrected chi connectivity index (χ1v) is 5.84. The van der Waals surface area contributed by atoms with Crippen molar-refractivity contribution in [2.24, 2.45) is 5.92 Å². The van der Waals surface area contributed by atoms with Gasteiger partial charge in [0.2, 0.25) is 0 Å². The molecule has 1 aromatic rings. The van der Waals surface area contributed by atoms with E-state index in [-0.39, 0.29) is 0 Å². The summed E-state index contributed by atoms with van der Waals surface area (Å²) in [7, 11) is 4.04. The number of hydrogen-bond acceptors (Lipinski definition) is 3. The van der Waals surface area contributed by atoms with Crippen molar-refractivity contribution >= 4 is 5.82 Å². The Morgan fingerprint density at radius 1 is 1.31 bits per heavy atom. The molecular formula is C13H23N3. The van der Waals surface area contributed by atoms with E-state index in [0.29, 0.717) is 5.92 Å². The van der Waals surface area contributed by atoms with E-state index >= 15 is 0 Å². The fourth-order valence-electron chi connectivity index (χ4n) is 1.56.